The van der Waals surface area contributed by atoms with Crippen molar-refractivity contribution in [3.05, 3.63) is 56.2 Å². The molecule has 1 aromatic carbocycles. The summed E-state index contributed by atoms with van der Waals surface area (Å²) in [7, 11) is 0. The fourth-order valence-electron chi connectivity index (χ4n) is 3.28. The zero-order chi connectivity index (χ0) is 19.2. The zero-order valence-electron chi connectivity index (χ0n) is 15.6. The van der Waals surface area contributed by atoms with Gasteiger partial charge in [-0.15, -0.1) is 11.3 Å². The summed E-state index contributed by atoms with van der Waals surface area (Å²) in [5, 5.41) is 0. The maximum Gasteiger partial charge on any atom is 0.264 e. The number of nitrogens with zero attached hydrogens (tertiary/aromatic N) is 2. The number of hydrogen-bond donors (Lipinski definition) is 0. The van der Waals surface area contributed by atoms with Crippen molar-refractivity contribution in [2.75, 3.05) is 26.2 Å². The molecule has 0 bridgehead atoms. The summed E-state index contributed by atoms with van der Waals surface area (Å²) in [5.74, 6) is 0.305. The second-order valence-corrected chi connectivity index (χ2v) is 9.12. The van der Waals surface area contributed by atoms with Crippen molar-refractivity contribution >= 4 is 39.1 Å². The molecule has 1 aliphatic rings. The van der Waals surface area contributed by atoms with E-state index in [4.69, 9.17) is 0 Å². The lowest BCUT2D eigenvalue weighted by atomic mass is 10.1. The molecule has 0 saturated carbocycles. The normalized spacial score (nSPS) is 14.4. The second kappa shape index (κ2) is 9.51. The van der Waals surface area contributed by atoms with Gasteiger partial charge in [0.1, 0.15) is 0 Å². The minimum Gasteiger partial charge on any atom is -0.339 e. The molecule has 2 amide bonds. The summed E-state index contributed by atoms with van der Waals surface area (Å²) in [5.41, 5.74) is 1.31. The van der Waals surface area contributed by atoms with Crippen molar-refractivity contribution in [3.63, 3.8) is 0 Å². The van der Waals surface area contributed by atoms with Crippen molar-refractivity contribution in [2.45, 2.75) is 32.6 Å². The maximum atomic E-state index is 12.5. The van der Waals surface area contributed by atoms with Crippen LogP contribution >= 0.6 is 27.3 Å². The third-order valence-corrected chi connectivity index (χ3v) is 6.41. The summed E-state index contributed by atoms with van der Waals surface area (Å²) >= 11 is 4.98. The van der Waals surface area contributed by atoms with Gasteiger partial charge in [0.05, 0.1) is 4.88 Å². The summed E-state index contributed by atoms with van der Waals surface area (Å²) in [4.78, 5) is 30.6. The van der Waals surface area contributed by atoms with Crippen LogP contribution in [0, 0.1) is 6.92 Å². The standard InChI is InChI=1S/C21H25BrN2O2S/c1-16-6-11-19(27-16)21(26)24-14-12-23(13-15-24)20(25)5-3-2-4-17-7-9-18(22)10-8-17/h6-11H,2-5,12-15H2,1H3. The van der Waals surface area contributed by atoms with E-state index in [0.29, 0.717) is 32.6 Å². The van der Waals surface area contributed by atoms with Gasteiger partial charge in [-0.3, -0.25) is 9.59 Å². The molecule has 27 heavy (non-hydrogen) atoms. The first-order valence-electron chi connectivity index (χ1n) is 9.41. The van der Waals surface area contributed by atoms with Gasteiger partial charge in [-0.25, -0.2) is 0 Å². The predicted molar refractivity (Wildman–Crippen MR) is 113 cm³/mol. The number of piperazine rings is 1. The van der Waals surface area contributed by atoms with Gasteiger partial charge in [-0.05, 0) is 56.0 Å². The van der Waals surface area contributed by atoms with Crippen LogP contribution in [-0.2, 0) is 11.2 Å². The molecular weight excluding hydrogens is 424 g/mol. The molecule has 0 unspecified atom stereocenters. The molecule has 0 radical (unpaired) electrons. The molecule has 6 heteroatoms. The minimum absolute atomic E-state index is 0.0923. The number of carbonyl (C=O) groups is 2. The SMILES string of the molecule is Cc1ccc(C(=O)N2CCN(C(=O)CCCCc3ccc(Br)cc3)CC2)s1. The fourth-order valence-corrected chi connectivity index (χ4v) is 4.38. The van der Waals surface area contributed by atoms with Gasteiger partial charge in [0.15, 0.2) is 0 Å². The van der Waals surface area contributed by atoms with Crippen LogP contribution in [0.1, 0.15) is 39.4 Å². The van der Waals surface area contributed by atoms with Crippen molar-refractivity contribution < 1.29 is 9.59 Å². The number of rotatable bonds is 6. The molecule has 1 fully saturated rings. The highest BCUT2D eigenvalue weighted by Crippen LogP contribution is 2.19. The number of aryl methyl sites for hydroxylation is 2. The highest BCUT2D eigenvalue weighted by Gasteiger charge is 2.25. The number of unbranched alkanes of at least 4 members (excludes halogenated alkanes) is 1. The summed E-state index contributed by atoms with van der Waals surface area (Å²) in [6.07, 6.45) is 3.52. The Morgan fingerprint density at radius 1 is 0.963 bits per heavy atom. The van der Waals surface area contributed by atoms with Gasteiger partial charge in [-0.1, -0.05) is 28.1 Å². The molecule has 0 spiro atoms. The third kappa shape index (κ3) is 5.66. The molecule has 2 aromatic rings. The van der Waals surface area contributed by atoms with E-state index in [1.54, 1.807) is 0 Å². The average molecular weight is 449 g/mol. The second-order valence-electron chi connectivity index (χ2n) is 6.92. The van der Waals surface area contributed by atoms with E-state index in [-0.39, 0.29) is 11.8 Å². The van der Waals surface area contributed by atoms with Crippen molar-refractivity contribution in [2.24, 2.45) is 0 Å². The Bertz CT molecular complexity index is 780. The van der Waals surface area contributed by atoms with Gasteiger partial charge in [0, 0.05) is 41.9 Å². The molecule has 1 saturated heterocycles. The number of amides is 2. The Hall–Kier alpha value is -1.66. The lowest BCUT2D eigenvalue weighted by Gasteiger charge is -2.34. The molecule has 1 aliphatic heterocycles. The van der Waals surface area contributed by atoms with E-state index >= 15 is 0 Å². The predicted octanol–water partition coefficient (Wildman–Crippen LogP) is 4.52. The molecule has 1 aromatic heterocycles. The Balaban J connectivity index is 1.37. The van der Waals surface area contributed by atoms with Gasteiger partial charge < -0.3 is 9.80 Å². The Morgan fingerprint density at radius 2 is 1.63 bits per heavy atom. The van der Waals surface area contributed by atoms with E-state index in [1.165, 1.54) is 16.9 Å². The number of hydrogen-bond acceptors (Lipinski definition) is 3. The third-order valence-electron chi connectivity index (χ3n) is 4.89. The lowest BCUT2D eigenvalue weighted by Crippen LogP contribution is -2.50. The van der Waals surface area contributed by atoms with Crippen molar-refractivity contribution in [1.29, 1.82) is 0 Å². The molecule has 0 N–H and O–H groups in total. The Kier molecular flexibility index (Phi) is 7.07. The Labute approximate surface area is 173 Å². The first-order chi connectivity index (χ1) is 13.0. The van der Waals surface area contributed by atoms with Crippen LogP contribution in [0.15, 0.2) is 40.9 Å². The largest absolute Gasteiger partial charge is 0.339 e. The topological polar surface area (TPSA) is 40.6 Å². The van der Waals surface area contributed by atoms with E-state index in [0.717, 1.165) is 33.5 Å². The lowest BCUT2D eigenvalue weighted by molar-refractivity contribution is -0.132. The van der Waals surface area contributed by atoms with Crippen LogP contribution in [0.25, 0.3) is 0 Å². The van der Waals surface area contributed by atoms with Gasteiger partial charge in [0.2, 0.25) is 5.91 Å². The van der Waals surface area contributed by atoms with Crippen LogP contribution in [0.5, 0.6) is 0 Å². The van der Waals surface area contributed by atoms with Gasteiger partial charge >= 0.3 is 0 Å². The van der Waals surface area contributed by atoms with Crippen LogP contribution in [0.3, 0.4) is 0 Å². The van der Waals surface area contributed by atoms with Crippen LogP contribution in [-0.4, -0.2) is 47.8 Å². The van der Waals surface area contributed by atoms with Crippen molar-refractivity contribution in [1.82, 2.24) is 9.80 Å². The van der Waals surface area contributed by atoms with Crippen molar-refractivity contribution in [3.8, 4) is 0 Å². The van der Waals surface area contributed by atoms with Gasteiger partial charge in [0.25, 0.3) is 5.91 Å². The average Bonchev–Trinajstić information content (AvgIpc) is 3.12. The van der Waals surface area contributed by atoms with Crippen LogP contribution in [0.2, 0.25) is 0 Å². The monoisotopic (exact) mass is 448 g/mol. The molecule has 144 valence electrons. The van der Waals surface area contributed by atoms with E-state index in [9.17, 15) is 9.59 Å². The van der Waals surface area contributed by atoms with E-state index in [2.05, 4.69) is 40.2 Å². The number of halogens is 1. The highest BCUT2D eigenvalue weighted by atomic mass is 79.9. The summed E-state index contributed by atoms with van der Waals surface area (Å²) in [6.45, 7) is 4.54. The number of benzene rings is 1. The van der Waals surface area contributed by atoms with E-state index < -0.39 is 0 Å². The van der Waals surface area contributed by atoms with Crippen LogP contribution in [0.4, 0.5) is 0 Å². The first-order valence-corrected chi connectivity index (χ1v) is 11.0. The van der Waals surface area contributed by atoms with E-state index in [1.807, 2.05) is 28.9 Å². The van der Waals surface area contributed by atoms with Crippen LogP contribution < -0.4 is 0 Å². The zero-order valence-corrected chi connectivity index (χ0v) is 18.0. The molecule has 2 heterocycles. The molecule has 0 aliphatic carbocycles. The minimum atomic E-state index is 0.0923. The fraction of sp³-hybridized carbons (Fsp3) is 0.429. The molecule has 4 nitrogen and oxygen atoms in total. The molecule has 3 rings (SSSR count). The number of thiophene rings is 1. The smallest absolute Gasteiger partial charge is 0.264 e. The summed E-state index contributed by atoms with van der Waals surface area (Å²) < 4.78 is 1.09. The Morgan fingerprint density at radius 3 is 2.26 bits per heavy atom. The molecule has 0 atom stereocenters. The van der Waals surface area contributed by atoms with Gasteiger partial charge in [-0.2, -0.15) is 0 Å². The summed E-state index contributed by atoms with van der Waals surface area (Å²) in [6, 6.07) is 12.2. The first kappa shape index (κ1) is 20.1. The highest BCUT2D eigenvalue weighted by molar-refractivity contribution is 9.10. The number of carbonyl (C=O) groups excluding carboxylic acids is 2. The quantitative estimate of drug-likeness (QED) is 0.609. The maximum absolute atomic E-state index is 12.5. The molecular formula is C21H25BrN2O2S.